The van der Waals surface area contributed by atoms with E-state index >= 15 is 0 Å². The average Bonchev–Trinajstić information content (AvgIpc) is 3.04. The second-order valence-corrected chi connectivity index (χ2v) is 7.65. The molecule has 0 N–H and O–H groups in total. The van der Waals surface area contributed by atoms with E-state index in [4.69, 9.17) is 9.47 Å². The lowest BCUT2D eigenvalue weighted by Gasteiger charge is -2.38. The van der Waals surface area contributed by atoms with Crippen molar-refractivity contribution in [3.8, 4) is 5.75 Å². The van der Waals surface area contributed by atoms with Crippen LogP contribution in [0.4, 0.5) is 0 Å². The van der Waals surface area contributed by atoms with Gasteiger partial charge in [-0.1, -0.05) is 30.3 Å². The normalized spacial score (nSPS) is 17.3. The topological polar surface area (TPSA) is 55.8 Å². The molecule has 1 amide bonds. The third-order valence-electron chi connectivity index (χ3n) is 6.08. The number of rotatable bonds is 2. The maximum absolute atomic E-state index is 13.1. The first-order valence-corrected chi connectivity index (χ1v) is 9.80. The maximum Gasteiger partial charge on any atom is 0.339 e. The van der Waals surface area contributed by atoms with Gasteiger partial charge < -0.3 is 14.4 Å². The first kappa shape index (κ1) is 17.7. The number of hydrogen-bond donors (Lipinski definition) is 0. The highest BCUT2D eigenvalue weighted by molar-refractivity contribution is 5.99. The maximum atomic E-state index is 13.1. The van der Waals surface area contributed by atoms with Gasteiger partial charge in [0.2, 0.25) is 0 Å². The van der Waals surface area contributed by atoms with Crippen LogP contribution in [0, 0.1) is 0 Å². The molecule has 2 aliphatic rings. The van der Waals surface area contributed by atoms with Gasteiger partial charge >= 0.3 is 5.97 Å². The van der Waals surface area contributed by atoms with Crippen molar-refractivity contribution in [3.63, 3.8) is 0 Å². The molecule has 0 bridgehead atoms. The highest BCUT2D eigenvalue weighted by atomic mass is 16.6. The molecule has 1 spiro atoms. The van der Waals surface area contributed by atoms with Gasteiger partial charge in [-0.15, -0.1) is 0 Å². The number of benzene rings is 3. The fraction of sp³-hybridized carbons (Fsp3) is 0.250. The number of fused-ring (bicyclic) bond motifs is 3. The molecule has 5 nitrogen and oxygen atoms in total. The molecule has 3 aromatic carbocycles. The molecule has 1 saturated heterocycles. The zero-order valence-electron chi connectivity index (χ0n) is 16.2. The summed E-state index contributed by atoms with van der Waals surface area (Å²) < 4.78 is 11.1. The Morgan fingerprint density at radius 3 is 2.52 bits per heavy atom. The van der Waals surface area contributed by atoms with Gasteiger partial charge in [-0.05, 0) is 41.1 Å². The molecule has 0 unspecified atom stereocenters. The summed E-state index contributed by atoms with van der Waals surface area (Å²) in [7, 11) is 1.61. The number of carbonyl (C=O) groups is 2. The quantitative estimate of drug-likeness (QED) is 0.620. The second kappa shape index (κ2) is 6.62. The van der Waals surface area contributed by atoms with E-state index in [0.717, 1.165) is 16.3 Å². The molecule has 29 heavy (non-hydrogen) atoms. The predicted octanol–water partition coefficient (Wildman–Crippen LogP) is 4.15. The summed E-state index contributed by atoms with van der Waals surface area (Å²) in [6.45, 7) is 1.07. The molecule has 146 valence electrons. The first-order valence-electron chi connectivity index (χ1n) is 9.80. The smallest absolute Gasteiger partial charge is 0.339 e. The van der Waals surface area contributed by atoms with Gasteiger partial charge in [0.25, 0.3) is 5.91 Å². The molecule has 2 heterocycles. The third-order valence-corrected chi connectivity index (χ3v) is 6.08. The van der Waals surface area contributed by atoms with E-state index in [1.165, 1.54) is 0 Å². The molecule has 5 rings (SSSR count). The second-order valence-electron chi connectivity index (χ2n) is 7.65. The summed E-state index contributed by atoms with van der Waals surface area (Å²) in [5, 5.41) is 2.17. The Bertz CT molecular complexity index is 1130. The molecule has 3 aromatic rings. The van der Waals surface area contributed by atoms with Crippen molar-refractivity contribution >= 4 is 22.6 Å². The molecular formula is C24H21NO4. The van der Waals surface area contributed by atoms with E-state index in [1.807, 2.05) is 53.4 Å². The number of nitrogens with zero attached hydrogens (tertiary/aromatic N) is 1. The average molecular weight is 387 g/mol. The van der Waals surface area contributed by atoms with E-state index in [1.54, 1.807) is 19.2 Å². The fourth-order valence-corrected chi connectivity index (χ4v) is 4.44. The van der Waals surface area contributed by atoms with Crippen molar-refractivity contribution < 1.29 is 19.1 Å². The highest BCUT2D eigenvalue weighted by Crippen LogP contribution is 2.45. The largest absolute Gasteiger partial charge is 0.497 e. The standard InChI is InChI=1S/C24H21NO4/c1-28-19-8-9-20-21(15-19)24(29-23(20)27)10-12-25(13-11-24)22(26)18-7-6-16-4-2-3-5-17(16)14-18/h2-9,14-15H,10-13H2,1H3. The van der Waals surface area contributed by atoms with Crippen LogP contribution in [0.5, 0.6) is 5.75 Å². The van der Waals surface area contributed by atoms with Crippen LogP contribution in [0.15, 0.2) is 60.7 Å². The van der Waals surface area contributed by atoms with Crippen molar-refractivity contribution in [3.05, 3.63) is 77.4 Å². The Balaban J connectivity index is 1.38. The number of amides is 1. The van der Waals surface area contributed by atoms with Crippen LogP contribution >= 0.6 is 0 Å². The number of carbonyl (C=O) groups excluding carboxylic acids is 2. The summed E-state index contributed by atoms with van der Waals surface area (Å²) in [4.78, 5) is 27.3. The first-order chi connectivity index (χ1) is 14.1. The minimum Gasteiger partial charge on any atom is -0.497 e. The van der Waals surface area contributed by atoms with Gasteiger partial charge in [0.05, 0.1) is 12.7 Å². The summed E-state index contributed by atoms with van der Waals surface area (Å²) in [5.74, 6) is 0.425. The summed E-state index contributed by atoms with van der Waals surface area (Å²) in [6, 6.07) is 19.2. The Labute approximate surface area is 168 Å². The van der Waals surface area contributed by atoms with Crippen molar-refractivity contribution in [1.29, 1.82) is 0 Å². The Kier molecular flexibility index (Phi) is 4.05. The zero-order chi connectivity index (χ0) is 20.0. The van der Waals surface area contributed by atoms with Gasteiger partial charge in [-0.2, -0.15) is 0 Å². The summed E-state index contributed by atoms with van der Waals surface area (Å²) in [5.41, 5.74) is 1.49. The van der Waals surface area contributed by atoms with Crippen molar-refractivity contribution in [2.45, 2.75) is 18.4 Å². The lowest BCUT2D eigenvalue weighted by molar-refractivity contribution is -0.0390. The number of piperidine rings is 1. The van der Waals surface area contributed by atoms with Crippen LogP contribution in [0.25, 0.3) is 10.8 Å². The number of ether oxygens (including phenoxy) is 2. The molecule has 2 aliphatic heterocycles. The Morgan fingerprint density at radius 1 is 1.00 bits per heavy atom. The molecule has 0 radical (unpaired) electrons. The molecule has 5 heteroatoms. The molecule has 0 saturated carbocycles. The Hall–Kier alpha value is -3.34. The fourth-order valence-electron chi connectivity index (χ4n) is 4.44. The van der Waals surface area contributed by atoms with E-state index in [-0.39, 0.29) is 11.9 Å². The molecule has 1 fully saturated rings. The lowest BCUT2D eigenvalue weighted by atomic mass is 9.83. The summed E-state index contributed by atoms with van der Waals surface area (Å²) >= 11 is 0. The minimum atomic E-state index is -0.666. The SMILES string of the molecule is COc1ccc2c(c1)C1(CCN(C(=O)c3ccc4ccccc4c3)CC1)OC2=O. The molecule has 0 aliphatic carbocycles. The number of esters is 1. The van der Waals surface area contributed by atoms with Gasteiger partial charge in [-0.25, -0.2) is 4.79 Å². The van der Waals surface area contributed by atoms with Gasteiger partial charge in [0.1, 0.15) is 11.4 Å². The molecule has 0 aromatic heterocycles. The zero-order valence-corrected chi connectivity index (χ0v) is 16.2. The Morgan fingerprint density at radius 2 is 1.76 bits per heavy atom. The molecular weight excluding hydrogens is 366 g/mol. The minimum absolute atomic E-state index is 0.0146. The van der Waals surface area contributed by atoms with E-state index in [9.17, 15) is 9.59 Å². The van der Waals surface area contributed by atoms with Gasteiger partial charge in [-0.3, -0.25) is 4.79 Å². The van der Waals surface area contributed by atoms with Crippen LogP contribution in [0.3, 0.4) is 0 Å². The van der Waals surface area contributed by atoms with Crippen molar-refractivity contribution in [2.75, 3.05) is 20.2 Å². The van der Waals surface area contributed by atoms with Crippen LogP contribution in [0.2, 0.25) is 0 Å². The van der Waals surface area contributed by atoms with E-state index in [0.29, 0.717) is 42.8 Å². The van der Waals surface area contributed by atoms with Crippen LogP contribution < -0.4 is 4.74 Å². The van der Waals surface area contributed by atoms with E-state index in [2.05, 4.69) is 0 Å². The van der Waals surface area contributed by atoms with Gasteiger partial charge in [0, 0.05) is 37.1 Å². The summed E-state index contributed by atoms with van der Waals surface area (Å²) in [6.07, 6.45) is 1.16. The van der Waals surface area contributed by atoms with Crippen LogP contribution in [-0.2, 0) is 10.3 Å². The number of methoxy groups -OCH3 is 1. The highest BCUT2D eigenvalue weighted by Gasteiger charge is 2.48. The lowest BCUT2D eigenvalue weighted by Crippen LogP contribution is -2.45. The van der Waals surface area contributed by atoms with Crippen LogP contribution in [0.1, 0.15) is 39.1 Å². The van der Waals surface area contributed by atoms with Gasteiger partial charge in [0.15, 0.2) is 0 Å². The predicted molar refractivity (Wildman–Crippen MR) is 109 cm³/mol. The third kappa shape index (κ3) is 2.85. The number of hydrogen-bond acceptors (Lipinski definition) is 4. The molecule has 0 atom stereocenters. The number of likely N-dealkylation sites (tertiary alicyclic amines) is 1. The van der Waals surface area contributed by atoms with Crippen LogP contribution in [-0.4, -0.2) is 37.0 Å². The monoisotopic (exact) mass is 387 g/mol. The van der Waals surface area contributed by atoms with Crippen molar-refractivity contribution in [2.24, 2.45) is 0 Å². The van der Waals surface area contributed by atoms with Crippen molar-refractivity contribution in [1.82, 2.24) is 4.90 Å². The van der Waals surface area contributed by atoms with E-state index < -0.39 is 5.60 Å².